The van der Waals surface area contributed by atoms with Crippen LogP contribution < -0.4 is 0 Å². The third kappa shape index (κ3) is 6.35. The van der Waals surface area contributed by atoms with Gasteiger partial charge in [-0.05, 0) is 70.3 Å². The van der Waals surface area contributed by atoms with Crippen LogP contribution in [0.25, 0.3) is 0 Å². The molecule has 0 aliphatic heterocycles. The lowest BCUT2D eigenvalue weighted by Crippen LogP contribution is -2.38. The molecule has 0 saturated heterocycles. The smallest absolute Gasteiger partial charge is 0.119 e. The summed E-state index contributed by atoms with van der Waals surface area (Å²) in [7, 11) is 0. The summed E-state index contributed by atoms with van der Waals surface area (Å²) < 4.78 is 5.72. The summed E-state index contributed by atoms with van der Waals surface area (Å²) in [5.41, 5.74) is 3.36. The Morgan fingerprint density at radius 1 is 0.964 bits per heavy atom. The summed E-state index contributed by atoms with van der Waals surface area (Å²) in [6.07, 6.45) is 1.98. The average molecular weight is 384 g/mol. The van der Waals surface area contributed by atoms with Crippen molar-refractivity contribution in [2.45, 2.75) is 72.1 Å². The summed E-state index contributed by atoms with van der Waals surface area (Å²) in [4.78, 5) is 2.52. The van der Waals surface area contributed by atoms with Crippen molar-refractivity contribution >= 4 is 0 Å². The maximum absolute atomic E-state index is 10.7. The standard InChI is InChI=1S/C25H37NO2/c1-6-16-28-18-21-12-13-25(27)24(17-21)23(22-10-8-7-9-11-22)14-15-26(19(2)3)20(4)5/h7-13,17,19-20,23,27H,6,14-16,18H2,1-5H3/t23-/m0/s1. The fourth-order valence-electron chi connectivity index (χ4n) is 3.89. The number of phenols is 1. The molecular weight excluding hydrogens is 346 g/mol. The summed E-state index contributed by atoms with van der Waals surface area (Å²) in [6.45, 7) is 13.5. The van der Waals surface area contributed by atoms with Crippen molar-refractivity contribution in [2.75, 3.05) is 13.2 Å². The van der Waals surface area contributed by atoms with E-state index in [-0.39, 0.29) is 5.92 Å². The molecule has 0 bridgehead atoms. The minimum Gasteiger partial charge on any atom is -0.508 e. The van der Waals surface area contributed by atoms with Gasteiger partial charge in [-0.2, -0.15) is 0 Å². The lowest BCUT2D eigenvalue weighted by molar-refractivity contribution is 0.121. The number of hydrogen-bond acceptors (Lipinski definition) is 3. The SMILES string of the molecule is CCCOCc1ccc(O)c([C@@H](CCN(C(C)C)C(C)C)c2ccccc2)c1. The topological polar surface area (TPSA) is 32.7 Å². The van der Waals surface area contributed by atoms with Gasteiger partial charge in [0.2, 0.25) is 0 Å². The zero-order chi connectivity index (χ0) is 20.5. The molecule has 0 radical (unpaired) electrons. The van der Waals surface area contributed by atoms with Crippen molar-refractivity contribution in [3.8, 4) is 5.75 Å². The highest BCUT2D eigenvalue weighted by atomic mass is 16.5. The monoisotopic (exact) mass is 383 g/mol. The molecular formula is C25H37NO2. The highest BCUT2D eigenvalue weighted by molar-refractivity contribution is 5.43. The number of nitrogens with zero attached hydrogens (tertiary/aromatic N) is 1. The van der Waals surface area contributed by atoms with Crippen molar-refractivity contribution in [2.24, 2.45) is 0 Å². The molecule has 1 atom stereocenters. The molecule has 0 saturated carbocycles. The fourth-order valence-corrected chi connectivity index (χ4v) is 3.89. The molecule has 0 aliphatic rings. The van der Waals surface area contributed by atoms with Crippen molar-refractivity contribution in [3.05, 3.63) is 65.2 Å². The van der Waals surface area contributed by atoms with Gasteiger partial charge in [-0.25, -0.2) is 0 Å². The van der Waals surface area contributed by atoms with E-state index in [4.69, 9.17) is 4.74 Å². The van der Waals surface area contributed by atoms with E-state index in [1.165, 1.54) is 5.56 Å². The van der Waals surface area contributed by atoms with E-state index in [0.717, 1.165) is 37.1 Å². The summed E-state index contributed by atoms with van der Waals surface area (Å²) in [6, 6.07) is 17.4. The van der Waals surface area contributed by atoms with Crippen LogP contribution in [0, 0.1) is 0 Å². The lowest BCUT2D eigenvalue weighted by Gasteiger charge is -2.32. The maximum atomic E-state index is 10.7. The predicted octanol–water partition coefficient (Wildman–Crippen LogP) is 5.96. The molecule has 2 rings (SSSR count). The van der Waals surface area contributed by atoms with Crippen LogP contribution in [-0.2, 0) is 11.3 Å². The molecule has 0 fully saturated rings. The number of aromatic hydroxyl groups is 1. The maximum Gasteiger partial charge on any atom is 0.119 e. The van der Waals surface area contributed by atoms with Crippen LogP contribution in [0.3, 0.4) is 0 Å². The van der Waals surface area contributed by atoms with Gasteiger partial charge in [0.25, 0.3) is 0 Å². The number of phenolic OH excluding ortho intramolecular Hbond substituents is 1. The van der Waals surface area contributed by atoms with Crippen LogP contribution in [-0.4, -0.2) is 35.2 Å². The van der Waals surface area contributed by atoms with Gasteiger partial charge in [0, 0.05) is 30.2 Å². The van der Waals surface area contributed by atoms with E-state index in [1.54, 1.807) is 0 Å². The molecule has 3 nitrogen and oxygen atoms in total. The second-order valence-corrected chi connectivity index (χ2v) is 8.12. The molecule has 0 amide bonds. The normalized spacial score (nSPS) is 12.9. The first-order valence-electron chi connectivity index (χ1n) is 10.6. The molecule has 3 heteroatoms. The molecule has 154 valence electrons. The first-order chi connectivity index (χ1) is 13.4. The van der Waals surface area contributed by atoms with Crippen molar-refractivity contribution in [3.63, 3.8) is 0 Å². The van der Waals surface area contributed by atoms with Crippen LogP contribution in [0.5, 0.6) is 5.75 Å². The molecule has 1 N–H and O–H groups in total. The van der Waals surface area contributed by atoms with Gasteiger partial charge in [0.15, 0.2) is 0 Å². The summed E-state index contributed by atoms with van der Waals surface area (Å²) >= 11 is 0. The summed E-state index contributed by atoms with van der Waals surface area (Å²) in [5, 5.41) is 10.7. The van der Waals surface area contributed by atoms with Gasteiger partial charge in [0.1, 0.15) is 5.75 Å². The fraction of sp³-hybridized carbons (Fsp3) is 0.520. The Balaban J connectivity index is 2.30. The van der Waals surface area contributed by atoms with Gasteiger partial charge < -0.3 is 9.84 Å². The van der Waals surface area contributed by atoms with E-state index in [0.29, 0.717) is 24.4 Å². The van der Waals surface area contributed by atoms with E-state index in [9.17, 15) is 5.11 Å². The molecule has 0 spiro atoms. The first kappa shape index (κ1) is 22.4. The van der Waals surface area contributed by atoms with Gasteiger partial charge in [-0.1, -0.05) is 43.3 Å². The van der Waals surface area contributed by atoms with E-state index >= 15 is 0 Å². The summed E-state index contributed by atoms with van der Waals surface area (Å²) in [5.74, 6) is 0.529. The Bertz CT molecular complexity index is 689. The Morgan fingerprint density at radius 3 is 2.25 bits per heavy atom. The largest absolute Gasteiger partial charge is 0.508 e. The zero-order valence-electron chi connectivity index (χ0n) is 18.2. The van der Waals surface area contributed by atoms with Crippen LogP contribution >= 0.6 is 0 Å². The van der Waals surface area contributed by atoms with Crippen molar-refractivity contribution < 1.29 is 9.84 Å². The lowest BCUT2D eigenvalue weighted by atomic mass is 9.86. The minimum absolute atomic E-state index is 0.160. The van der Waals surface area contributed by atoms with Crippen molar-refractivity contribution in [1.29, 1.82) is 0 Å². The van der Waals surface area contributed by atoms with E-state index in [1.807, 2.05) is 18.2 Å². The predicted molar refractivity (Wildman–Crippen MR) is 118 cm³/mol. The molecule has 0 heterocycles. The highest BCUT2D eigenvalue weighted by Gasteiger charge is 2.21. The molecule has 28 heavy (non-hydrogen) atoms. The Morgan fingerprint density at radius 2 is 1.64 bits per heavy atom. The van der Waals surface area contributed by atoms with Crippen LogP contribution in [0.4, 0.5) is 0 Å². The molecule has 2 aromatic carbocycles. The third-order valence-corrected chi connectivity index (χ3v) is 5.29. The van der Waals surface area contributed by atoms with E-state index < -0.39 is 0 Å². The van der Waals surface area contributed by atoms with Crippen LogP contribution in [0.15, 0.2) is 48.5 Å². The molecule has 0 unspecified atom stereocenters. The second kappa shape index (κ2) is 11.2. The number of ether oxygens (including phenoxy) is 1. The van der Waals surface area contributed by atoms with Crippen LogP contribution in [0.1, 0.15) is 70.1 Å². The number of rotatable bonds is 11. The number of hydrogen-bond donors (Lipinski definition) is 1. The third-order valence-electron chi connectivity index (χ3n) is 5.29. The molecule has 0 aliphatic carbocycles. The average Bonchev–Trinajstić information content (AvgIpc) is 2.67. The van der Waals surface area contributed by atoms with Gasteiger partial charge in [-0.15, -0.1) is 0 Å². The quantitative estimate of drug-likeness (QED) is 0.486. The van der Waals surface area contributed by atoms with Crippen LogP contribution in [0.2, 0.25) is 0 Å². The minimum atomic E-state index is 0.160. The Kier molecular flexibility index (Phi) is 9.01. The highest BCUT2D eigenvalue weighted by Crippen LogP contribution is 2.35. The van der Waals surface area contributed by atoms with Gasteiger partial charge >= 0.3 is 0 Å². The molecule has 0 aromatic heterocycles. The van der Waals surface area contributed by atoms with E-state index in [2.05, 4.69) is 69.9 Å². The number of benzene rings is 2. The Hall–Kier alpha value is -1.84. The van der Waals surface area contributed by atoms with Crippen molar-refractivity contribution in [1.82, 2.24) is 4.90 Å². The first-order valence-corrected chi connectivity index (χ1v) is 10.6. The van der Waals surface area contributed by atoms with Gasteiger partial charge in [-0.3, -0.25) is 4.90 Å². The zero-order valence-corrected chi connectivity index (χ0v) is 18.2. The van der Waals surface area contributed by atoms with Gasteiger partial charge in [0.05, 0.1) is 6.61 Å². The Labute approximate surface area is 171 Å². The molecule has 2 aromatic rings. The second-order valence-electron chi connectivity index (χ2n) is 8.12.